The molecule has 2 aromatic carbocycles. The van der Waals surface area contributed by atoms with Crippen molar-refractivity contribution in [2.75, 3.05) is 12.8 Å². The number of methoxy groups -OCH3 is 1. The second kappa shape index (κ2) is 5.65. The van der Waals surface area contributed by atoms with Gasteiger partial charge in [-0.1, -0.05) is 18.2 Å². The number of anilines is 1. The molecule has 0 unspecified atom stereocenters. The van der Waals surface area contributed by atoms with Crippen LogP contribution in [0.15, 0.2) is 36.4 Å². The molecule has 0 saturated heterocycles. The van der Waals surface area contributed by atoms with Crippen LogP contribution in [-0.2, 0) is 6.61 Å². The largest absolute Gasteiger partial charge is 0.497 e. The molecular weight excluding hydrogens is 238 g/mol. The fourth-order valence-corrected chi connectivity index (χ4v) is 2.01. The molecule has 0 aliphatic heterocycles. The third-order valence-electron chi connectivity index (χ3n) is 3.23. The van der Waals surface area contributed by atoms with Gasteiger partial charge in [0.1, 0.15) is 18.1 Å². The van der Waals surface area contributed by atoms with Gasteiger partial charge in [-0.05, 0) is 42.7 Å². The van der Waals surface area contributed by atoms with Gasteiger partial charge in [0.25, 0.3) is 0 Å². The predicted molar refractivity (Wildman–Crippen MR) is 77.7 cm³/mol. The van der Waals surface area contributed by atoms with Crippen LogP contribution in [0.3, 0.4) is 0 Å². The molecule has 0 fully saturated rings. The molecule has 0 aliphatic rings. The molecule has 3 nitrogen and oxygen atoms in total. The highest BCUT2D eigenvalue weighted by Gasteiger charge is 2.06. The number of hydrogen-bond acceptors (Lipinski definition) is 3. The zero-order valence-corrected chi connectivity index (χ0v) is 11.6. The second-order valence-corrected chi connectivity index (χ2v) is 4.56. The standard InChI is InChI=1S/C16H19NO2/c1-11-5-4-6-12(2)14(11)10-19-16-8-7-13(18-3)9-15(16)17/h4-9H,10,17H2,1-3H3. The first-order chi connectivity index (χ1) is 9.11. The lowest BCUT2D eigenvalue weighted by Gasteiger charge is -2.13. The minimum Gasteiger partial charge on any atom is -0.497 e. The Morgan fingerprint density at radius 2 is 1.74 bits per heavy atom. The van der Waals surface area contributed by atoms with E-state index in [-0.39, 0.29) is 0 Å². The summed E-state index contributed by atoms with van der Waals surface area (Å²) in [5.41, 5.74) is 10.2. The van der Waals surface area contributed by atoms with E-state index in [1.165, 1.54) is 16.7 Å². The minimum atomic E-state index is 0.523. The summed E-state index contributed by atoms with van der Waals surface area (Å²) in [6, 6.07) is 11.7. The van der Waals surface area contributed by atoms with Crippen molar-refractivity contribution in [1.82, 2.24) is 0 Å². The van der Waals surface area contributed by atoms with Gasteiger partial charge >= 0.3 is 0 Å². The van der Waals surface area contributed by atoms with Crippen molar-refractivity contribution in [3.63, 3.8) is 0 Å². The Bertz CT molecular complexity index is 559. The first kappa shape index (κ1) is 13.3. The molecule has 0 aliphatic carbocycles. The lowest BCUT2D eigenvalue weighted by atomic mass is 10.0. The van der Waals surface area contributed by atoms with Crippen molar-refractivity contribution in [3.8, 4) is 11.5 Å². The lowest BCUT2D eigenvalue weighted by Crippen LogP contribution is -2.02. The molecule has 2 rings (SSSR count). The number of nitrogens with two attached hydrogens (primary N) is 1. The number of benzene rings is 2. The maximum absolute atomic E-state index is 5.93. The summed E-state index contributed by atoms with van der Waals surface area (Å²) in [5, 5.41) is 0. The Balaban J connectivity index is 2.15. The number of ether oxygens (including phenoxy) is 2. The second-order valence-electron chi connectivity index (χ2n) is 4.56. The van der Waals surface area contributed by atoms with Crippen molar-refractivity contribution >= 4 is 5.69 Å². The highest BCUT2D eigenvalue weighted by Crippen LogP contribution is 2.27. The van der Waals surface area contributed by atoms with Crippen molar-refractivity contribution in [1.29, 1.82) is 0 Å². The molecule has 2 N–H and O–H groups in total. The third-order valence-corrected chi connectivity index (χ3v) is 3.23. The van der Waals surface area contributed by atoms with Crippen molar-refractivity contribution in [3.05, 3.63) is 53.1 Å². The molecule has 0 amide bonds. The summed E-state index contributed by atoms with van der Waals surface area (Å²) in [6.45, 7) is 4.70. The van der Waals surface area contributed by atoms with Crippen LogP contribution in [0.4, 0.5) is 5.69 Å². The molecule has 0 heterocycles. The number of aryl methyl sites for hydroxylation is 2. The van der Waals surface area contributed by atoms with Gasteiger partial charge in [-0.2, -0.15) is 0 Å². The first-order valence-electron chi connectivity index (χ1n) is 6.23. The molecule has 0 atom stereocenters. The molecule has 19 heavy (non-hydrogen) atoms. The fourth-order valence-electron chi connectivity index (χ4n) is 2.01. The van der Waals surface area contributed by atoms with Crippen LogP contribution >= 0.6 is 0 Å². The Kier molecular flexibility index (Phi) is 3.95. The van der Waals surface area contributed by atoms with Gasteiger partial charge in [0.2, 0.25) is 0 Å². The fraction of sp³-hybridized carbons (Fsp3) is 0.250. The Morgan fingerprint density at radius 3 is 2.32 bits per heavy atom. The molecular formula is C16H19NO2. The van der Waals surface area contributed by atoms with Gasteiger partial charge < -0.3 is 15.2 Å². The van der Waals surface area contributed by atoms with Gasteiger partial charge in [0.05, 0.1) is 12.8 Å². The van der Waals surface area contributed by atoms with E-state index < -0.39 is 0 Å². The first-order valence-corrected chi connectivity index (χ1v) is 6.23. The van der Waals surface area contributed by atoms with E-state index in [2.05, 4.69) is 32.0 Å². The maximum Gasteiger partial charge on any atom is 0.142 e. The number of hydrogen-bond donors (Lipinski definition) is 1. The molecule has 3 heteroatoms. The van der Waals surface area contributed by atoms with E-state index in [1.807, 2.05) is 12.1 Å². The molecule has 0 bridgehead atoms. The number of nitrogen functional groups attached to an aromatic ring is 1. The van der Waals surface area contributed by atoms with Crippen molar-refractivity contribution in [2.45, 2.75) is 20.5 Å². The Hall–Kier alpha value is -2.16. The summed E-state index contributed by atoms with van der Waals surface area (Å²) in [6.07, 6.45) is 0. The monoisotopic (exact) mass is 257 g/mol. The van der Waals surface area contributed by atoms with Crippen LogP contribution < -0.4 is 15.2 Å². The van der Waals surface area contributed by atoms with Crippen LogP contribution in [0.2, 0.25) is 0 Å². The summed E-state index contributed by atoms with van der Waals surface area (Å²) in [7, 11) is 1.62. The zero-order valence-electron chi connectivity index (χ0n) is 11.6. The van der Waals surface area contributed by atoms with E-state index in [0.717, 1.165) is 5.75 Å². The molecule has 0 radical (unpaired) electrons. The van der Waals surface area contributed by atoms with Crippen molar-refractivity contribution in [2.24, 2.45) is 0 Å². The number of rotatable bonds is 4. The highest BCUT2D eigenvalue weighted by atomic mass is 16.5. The topological polar surface area (TPSA) is 44.5 Å². The Morgan fingerprint density at radius 1 is 1.05 bits per heavy atom. The average molecular weight is 257 g/mol. The van der Waals surface area contributed by atoms with Crippen molar-refractivity contribution < 1.29 is 9.47 Å². The van der Waals surface area contributed by atoms with Crippen LogP contribution in [0.1, 0.15) is 16.7 Å². The summed E-state index contributed by atoms with van der Waals surface area (Å²) < 4.78 is 10.9. The van der Waals surface area contributed by atoms with E-state index >= 15 is 0 Å². The lowest BCUT2D eigenvalue weighted by molar-refractivity contribution is 0.305. The van der Waals surface area contributed by atoms with Crippen LogP contribution in [0, 0.1) is 13.8 Å². The predicted octanol–water partition coefficient (Wildman–Crippen LogP) is 3.47. The molecule has 0 saturated carbocycles. The average Bonchev–Trinajstić information content (AvgIpc) is 2.39. The maximum atomic E-state index is 5.93. The smallest absolute Gasteiger partial charge is 0.142 e. The molecule has 0 spiro atoms. The van der Waals surface area contributed by atoms with Gasteiger partial charge in [-0.25, -0.2) is 0 Å². The van der Waals surface area contributed by atoms with E-state index in [1.54, 1.807) is 13.2 Å². The van der Waals surface area contributed by atoms with Gasteiger partial charge in [0, 0.05) is 6.07 Å². The van der Waals surface area contributed by atoms with Crippen LogP contribution in [0.25, 0.3) is 0 Å². The quantitative estimate of drug-likeness (QED) is 0.853. The highest BCUT2D eigenvalue weighted by molar-refractivity contribution is 5.56. The normalized spacial score (nSPS) is 10.3. The van der Waals surface area contributed by atoms with Gasteiger partial charge in [-0.3, -0.25) is 0 Å². The van der Waals surface area contributed by atoms with E-state index in [4.69, 9.17) is 15.2 Å². The molecule has 100 valence electrons. The minimum absolute atomic E-state index is 0.523. The van der Waals surface area contributed by atoms with Gasteiger partial charge in [0.15, 0.2) is 0 Å². The Labute approximate surface area is 114 Å². The van der Waals surface area contributed by atoms with Crippen LogP contribution in [-0.4, -0.2) is 7.11 Å². The van der Waals surface area contributed by atoms with E-state index in [9.17, 15) is 0 Å². The summed E-state index contributed by atoms with van der Waals surface area (Å²) >= 11 is 0. The molecule has 0 aromatic heterocycles. The third kappa shape index (κ3) is 2.99. The summed E-state index contributed by atoms with van der Waals surface area (Å²) in [4.78, 5) is 0. The van der Waals surface area contributed by atoms with Crippen LogP contribution in [0.5, 0.6) is 11.5 Å². The van der Waals surface area contributed by atoms with E-state index in [0.29, 0.717) is 18.0 Å². The SMILES string of the molecule is COc1ccc(OCc2c(C)cccc2C)c(N)c1. The zero-order chi connectivity index (χ0) is 13.8. The molecule has 2 aromatic rings. The van der Waals surface area contributed by atoms with Gasteiger partial charge in [-0.15, -0.1) is 0 Å². The summed E-state index contributed by atoms with van der Waals surface area (Å²) in [5.74, 6) is 1.42.